The molecule has 1 saturated heterocycles. The number of fused-ring (bicyclic) bond motifs is 1. The molecule has 0 radical (unpaired) electrons. The van der Waals surface area contributed by atoms with Gasteiger partial charge in [-0.25, -0.2) is 14.2 Å². The minimum Gasteiger partial charge on any atom is -0.481 e. The molecule has 1 aliphatic rings. The van der Waals surface area contributed by atoms with Crippen molar-refractivity contribution in [3.05, 3.63) is 29.7 Å². The molecule has 0 aliphatic carbocycles. The highest BCUT2D eigenvalue weighted by Gasteiger charge is 2.28. The molecule has 0 atom stereocenters. The van der Waals surface area contributed by atoms with Crippen molar-refractivity contribution in [2.45, 2.75) is 51.7 Å². The summed E-state index contributed by atoms with van der Waals surface area (Å²) in [5.74, 6) is 0.102. The number of amides is 1. The van der Waals surface area contributed by atoms with Crippen LogP contribution in [0.1, 0.15) is 39.2 Å². The predicted molar refractivity (Wildman–Crippen MR) is 113 cm³/mol. The molecule has 8 heteroatoms. The number of hydrogen-bond acceptors (Lipinski definition) is 6. The third kappa shape index (κ3) is 5.36. The number of carbonyl (C=O) groups excluding carboxylic acids is 1. The van der Waals surface area contributed by atoms with Crippen molar-refractivity contribution in [2.75, 3.05) is 33.8 Å². The first kappa shape index (κ1) is 22.2. The lowest BCUT2D eigenvalue weighted by Gasteiger charge is -2.37. The summed E-state index contributed by atoms with van der Waals surface area (Å²) < 4.78 is 25.1. The summed E-state index contributed by atoms with van der Waals surface area (Å²) >= 11 is 0. The van der Waals surface area contributed by atoms with E-state index in [-0.39, 0.29) is 18.0 Å². The Bertz CT molecular complexity index is 892. The number of rotatable bonds is 5. The van der Waals surface area contributed by atoms with Gasteiger partial charge in [-0.15, -0.1) is 0 Å². The number of ether oxygens (including phenoxy) is 2. The number of piperidine rings is 1. The maximum absolute atomic E-state index is 14.5. The van der Waals surface area contributed by atoms with E-state index in [9.17, 15) is 9.18 Å². The Morgan fingerprint density at radius 2 is 2.00 bits per heavy atom. The van der Waals surface area contributed by atoms with Crippen LogP contribution in [-0.2, 0) is 11.2 Å². The molecule has 3 heterocycles. The summed E-state index contributed by atoms with van der Waals surface area (Å²) in [4.78, 5) is 24.8. The predicted octanol–water partition coefficient (Wildman–Crippen LogP) is 3.65. The third-order valence-corrected chi connectivity index (χ3v) is 5.41. The molecule has 0 bridgehead atoms. The standard InChI is InChI=1S/C22H31FN4O3/c1-22(2,3)30-21(28)26(4)15-8-11-27(12-9-15)13-10-16-17(23)14-24-18-6-7-19(29-5)25-20(16)18/h6-7,14-15H,8-13H2,1-5H3. The van der Waals surface area contributed by atoms with Crippen LogP contribution in [0.5, 0.6) is 5.88 Å². The molecule has 3 rings (SSSR count). The summed E-state index contributed by atoms with van der Waals surface area (Å²) in [5.41, 5.74) is 1.27. The van der Waals surface area contributed by atoms with Crippen molar-refractivity contribution in [3.8, 4) is 5.88 Å². The summed E-state index contributed by atoms with van der Waals surface area (Å²) in [5, 5.41) is 0. The maximum atomic E-state index is 14.5. The second-order valence-corrected chi connectivity index (χ2v) is 8.72. The Morgan fingerprint density at radius 1 is 1.30 bits per heavy atom. The average Bonchev–Trinajstić information content (AvgIpc) is 2.71. The van der Waals surface area contributed by atoms with Crippen molar-refractivity contribution in [2.24, 2.45) is 0 Å². The first-order valence-corrected chi connectivity index (χ1v) is 10.3. The lowest BCUT2D eigenvalue weighted by atomic mass is 10.0. The summed E-state index contributed by atoms with van der Waals surface area (Å²) in [6, 6.07) is 3.67. The smallest absolute Gasteiger partial charge is 0.410 e. The van der Waals surface area contributed by atoms with Crippen LogP contribution in [0.2, 0.25) is 0 Å². The molecule has 30 heavy (non-hydrogen) atoms. The first-order valence-electron chi connectivity index (χ1n) is 10.3. The molecule has 164 valence electrons. The highest BCUT2D eigenvalue weighted by atomic mass is 19.1. The molecular weight excluding hydrogens is 387 g/mol. The minimum atomic E-state index is -0.500. The molecule has 2 aromatic rings. The van der Waals surface area contributed by atoms with Gasteiger partial charge < -0.3 is 19.3 Å². The molecule has 1 aliphatic heterocycles. The molecule has 0 N–H and O–H groups in total. The van der Waals surface area contributed by atoms with Gasteiger partial charge in [-0.1, -0.05) is 0 Å². The molecular formula is C22H31FN4O3. The average molecular weight is 419 g/mol. The van der Waals surface area contributed by atoms with Gasteiger partial charge in [-0.2, -0.15) is 0 Å². The van der Waals surface area contributed by atoms with E-state index in [0.717, 1.165) is 32.5 Å². The van der Waals surface area contributed by atoms with Crippen molar-refractivity contribution in [1.29, 1.82) is 0 Å². The van der Waals surface area contributed by atoms with E-state index in [4.69, 9.17) is 9.47 Å². The largest absolute Gasteiger partial charge is 0.481 e. The van der Waals surface area contributed by atoms with E-state index >= 15 is 0 Å². The number of nitrogens with zero attached hydrogens (tertiary/aromatic N) is 4. The second kappa shape index (κ2) is 9.12. The van der Waals surface area contributed by atoms with Gasteiger partial charge in [-0.05, 0) is 46.1 Å². The molecule has 0 aromatic carbocycles. The first-order chi connectivity index (χ1) is 14.2. The van der Waals surface area contributed by atoms with E-state index in [1.165, 1.54) is 6.20 Å². The molecule has 0 spiro atoms. The zero-order valence-corrected chi connectivity index (χ0v) is 18.4. The molecule has 7 nitrogen and oxygen atoms in total. The normalized spacial score (nSPS) is 15.9. The number of aromatic nitrogens is 2. The number of carbonyl (C=O) groups is 1. The fraction of sp³-hybridized carbons (Fsp3) is 0.591. The third-order valence-electron chi connectivity index (χ3n) is 5.41. The monoisotopic (exact) mass is 418 g/mol. The van der Waals surface area contributed by atoms with Gasteiger partial charge in [0.25, 0.3) is 0 Å². The quantitative estimate of drug-likeness (QED) is 0.738. The number of likely N-dealkylation sites (tertiary alicyclic amines) is 1. The van der Waals surface area contributed by atoms with Crippen LogP contribution < -0.4 is 4.74 Å². The Balaban J connectivity index is 1.59. The van der Waals surface area contributed by atoms with E-state index in [1.54, 1.807) is 31.2 Å². The molecule has 0 unspecified atom stereocenters. The summed E-state index contributed by atoms with van der Waals surface area (Å²) in [7, 11) is 3.34. The van der Waals surface area contributed by atoms with Crippen LogP contribution in [0.4, 0.5) is 9.18 Å². The number of pyridine rings is 2. The van der Waals surface area contributed by atoms with Crippen molar-refractivity contribution in [3.63, 3.8) is 0 Å². The van der Waals surface area contributed by atoms with Crippen molar-refractivity contribution >= 4 is 17.1 Å². The zero-order chi connectivity index (χ0) is 21.9. The lowest BCUT2D eigenvalue weighted by molar-refractivity contribution is 0.0153. The van der Waals surface area contributed by atoms with E-state index in [1.807, 2.05) is 20.8 Å². The highest BCUT2D eigenvalue weighted by Crippen LogP contribution is 2.23. The number of methoxy groups -OCH3 is 1. The summed E-state index contributed by atoms with van der Waals surface area (Å²) in [6.45, 7) is 8.02. The Hall–Kier alpha value is -2.48. The molecule has 1 fully saturated rings. The van der Waals surface area contributed by atoms with Crippen LogP contribution in [0.25, 0.3) is 11.0 Å². The number of halogens is 1. The maximum Gasteiger partial charge on any atom is 0.410 e. The Morgan fingerprint density at radius 3 is 2.63 bits per heavy atom. The van der Waals surface area contributed by atoms with E-state index < -0.39 is 5.60 Å². The van der Waals surface area contributed by atoms with Gasteiger partial charge in [0.2, 0.25) is 5.88 Å². The van der Waals surface area contributed by atoms with Gasteiger partial charge in [0.05, 0.1) is 24.3 Å². The zero-order valence-electron chi connectivity index (χ0n) is 18.4. The minimum absolute atomic E-state index is 0.153. The summed E-state index contributed by atoms with van der Waals surface area (Å²) in [6.07, 6.45) is 3.24. The van der Waals surface area contributed by atoms with Crippen molar-refractivity contribution in [1.82, 2.24) is 19.8 Å². The van der Waals surface area contributed by atoms with E-state index in [2.05, 4.69) is 14.9 Å². The van der Waals surface area contributed by atoms with Crippen LogP contribution >= 0.6 is 0 Å². The fourth-order valence-electron chi connectivity index (χ4n) is 3.71. The van der Waals surface area contributed by atoms with Gasteiger partial charge in [0.15, 0.2) is 0 Å². The molecule has 1 amide bonds. The van der Waals surface area contributed by atoms with Gasteiger partial charge in [-0.3, -0.25) is 4.98 Å². The molecule has 0 saturated carbocycles. The van der Waals surface area contributed by atoms with Gasteiger partial charge >= 0.3 is 6.09 Å². The van der Waals surface area contributed by atoms with Crippen molar-refractivity contribution < 1.29 is 18.7 Å². The number of hydrogen-bond donors (Lipinski definition) is 0. The van der Waals surface area contributed by atoms with E-state index in [0.29, 0.717) is 28.9 Å². The highest BCUT2D eigenvalue weighted by molar-refractivity contribution is 5.78. The fourth-order valence-corrected chi connectivity index (χ4v) is 3.71. The topological polar surface area (TPSA) is 67.8 Å². The lowest BCUT2D eigenvalue weighted by Crippen LogP contribution is -2.47. The van der Waals surface area contributed by atoms with Crippen LogP contribution in [0, 0.1) is 5.82 Å². The molecule has 2 aromatic heterocycles. The Labute approximate surface area is 177 Å². The van der Waals surface area contributed by atoms with Gasteiger partial charge in [0.1, 0.15) is 11.4 Å². The Kier molecular flexibility index (Phi) is 6.75. The SMILES string of the molecule is COc1ccc2ncc(F)c(CCN3CCC(N(C)C(=O)OC(C)(C)C)CC3)c2n1. The van der Waals surface area contributed by atoms with Crippen LogP contribution in [-0.4, -0.2) is 71.3 Å². The van der Waals surface area contributed by atoms with Crippen LogP contribution in [0.3, 0.4) is 0 Å². The van der Waals surface area contributed by atoms with Gasteiger partial charge in [0, 0.05) is 44.4 Å². The second-order valence-electron chi connectivity index (χ2n) is 8.72. The van der Waals surface area contributed by atoms with Crippen LogP contribution in [0.15, 0.2) is 18.3 Å².